The maximum Gasteiger partial charge on any atom is 1.00 e. The Morgan fingerprint density at radius 1 is 1.00 bits per heavy atom. The molecule has 0 radical (unpaired) electrons. The van der Waals surface area contributed by atoms with Crippen LogP contribution < -0.4 is 51.4 Å². The number of carbonyl (C=O) groups is 4. The third-order valence-corrected chi connectivity index (χ3v) is 10.2. The molecule has 3 fully saturated rings. The van der Waals surface area contributed by atoms with Gasteiger partial charge in [0.25, 0.3) is 0 Å². The van der Waals surface area contributed by atoms with Crippen molar-refractivity contribution in [2.45, 2.75) is 96.1 Å². The van der Waals surface area contributed by atoms with Gasteiger partial charge in [-0.05, 0) is 37.1 Å². The van der Waals surface area contributed by atoms with Gasteiger partial charge in [0.1, 0.15) is 17.8 Å². The molecule has 0 aromatic heterocycles. The van der Waals surface area contributed by atoms with E-state index in [2.05, 4.69) is 0 Å². The largest absolute Gasteiger partial charge is 1.00 e. The molecule has 0 amide bonds. The average Bonchev–Trinajstić information content (AvgIpc) is 2.90. The summed E-state index contributed by atoms with van der Waals surface area (Å²) in [7, 11) is 0. The van der Waals surface area contributed by atoms with Gasteiger partial charge in [0.05, 0.1) is 35.7 Å². The quantitative estimate of drug-likeness (QED) is 0.157. The van der Waals surface area contributed by atoms with Crippen LogP contribution in [0.15, 0.2) is 41.5 Å². The van der Waals surface area contributed by atoms with Gasteiger partial charge in [-0.2, -0.15) is 0 Å². The Hall–Kier alpha value is -1.48. The van der Waals surface area contributed by atoms with Gasteiger partial charge in [0, 0.05) is 32.1 Å². The molecule has 1 saturated heterocycles. The fraction of sp³-hybridized carbons (Fsp3) is 0.613. The molecule has 3 aliphatic carbocycles. The van der Waals surface area contributed by atoms with E-state index in [4.69, 9.17) is 18.9 Å². The van der Waals surface area contributed by atoms with Gasteiger partial charge in [-0.1, -0.05) is 32.0 Å². The molecular weight excluding hydrogens is 587 g/mol. The summed E-state index contributed by atoms with van der Waals surface area (Å²) in [4.78, 5) is 53.4. The van der Waals surface area contributed by atoms with Gasteiger partial charge in [-0.25, -0.2) is 4.79 Å². The van der Waals surface area contributed by atoms with Crippen molar-refractivity contribution in [1.29, 1.82) is 0 Å². The van der Waals surface area contributed by atoms with E-state index in [0.717, 1.165) is 6.92 Å². The third-order valence-electron chi connectivity index (χ3n) is 10.2. The zero-order chi connectivity index (χ0) is 31.0. The monoisotopic (exact) mass is 625 g/mol. The van der Waals surface area contributed by atoms with Crippen LogP contribution in [0.4, 0.5) is 0 Å². The van der Waals surface area contributed by atoms with E-state index in [1.54, 1.807) is 39.0 Å². The SMILES string of the molecule is CC(=O)O[C@H]1C(=O)[C@@]2(C)C(C(OC(=O)c3ccccc3)[C@]3(O)C[C@H](O)C(C)=C1C3(C)C)[C@]1(OC(C)=O)CO[C@@H]1C[C@@H]2O.[K+]. The minimum atomic E-state index is -2.11. The number of hydrogen-bond donors (Lipinski definition) is 3. The number of esters is 3. The van der Waals surface area contributed by atoms with Crippen LogP contribution in [-0.2, 0) is 33.3 Å². The maximum absolute atomic E-state index is 14.8. The minimum Gasteiger partial charge on any atom is -0.455 e. The molecule has 5 rings (SSSR count). The van der Waals surface area contributed by atoms with Crippen molar-refractivity contribution in [3.8, 4) is 0 Å². The summed E-state index contributed by atoms with van der Waals surface area (Å²) >= 11 is 0. The van der Waals surface area contributed by atoms with Crippen molar-refractivity contribution >= 4 is 23.7 Å². The van der Waals surface area contributed by atoms with E-state index < -0.39 is 82.2 Å². The van der Waals surface area contributed by atoms with Crippen LogP contribution in [0.5, 0.6) is 0 Å². The molecule has 43 heavy (non-hydrogen) atoms. The summed E-state index contributed by atoms with van der Waals surface area (Å²) in [5, 5.41) is 35.8. The van der Waals surface area contributed by atoms with Crippen LogP contribution in [0.2, 0.25) is 0 Å². The Bertz CT molecular complexity index is 1360. The second kappa shape index (κ2) is 11.7. The van der Waals surface area contributed by atoms with E-state index in [-0.39, 0.29) is 82.0 Å². The van der Waals surface area contributed by atoms with Crippen molar-refractivity contribution in [1.82, 2.24) is 0 Å². The van der Waals surface area contributed by atoms with Crippen molar-refractivity contribution in [2.24, 2.45) is 16.7 Å². The van der Waals surface area contributed by atoms with Crippen molar-refractivity contribution in [3.63, 3.8) is 0 Å². The maximum atomic E-state index is 14.8. The number of fused-ring (bicyclic) bond motifs is 5. The number of ketones is 1. The number of Topliss-reactive ketones (excluding diaryl/α,β-unsaturated/α-hetero) is 1. The van der Waals surface area contributed by atoms with Crippen molar-refractivity contribution in [3.05, 3.63) is 47.0 Å². The summed E-state index contributed by atoms with van der Waals surface area (Å²) in [5.41, 5.74) is -6.38. The Labute approximate surface area is 292 Å². The second-order valence-corrected chi connectivity index (χ2v) is 12.8. The van der Waals surface area contributed by atoms with E-state index in [1.807, 2.05) is 0 Å². The number of rotatable bonds is 4. The molecule has 3 N–H and O–H groups in total. The molecule has 2 bridgehead atoms. The van der Waals surface area contributed by atoms with Gasteiger partial charge in [0.2, 0.25) is 0 Å². The number of hydrogen-bond acceptors (Lipinski definition) is 11. The molecule has 228 valence electrons. The van der Waals surface area contributed by atoms with E-state index in [0.29, 0.717) is 5.57 Å². The predicted octanol–water partition coefficient (Wildman–Crippen LogP) is -1.34. The molecule has 12 heteroatoms. The third kappa shape index (κ3) is 5.01. The topological polar surface area (TPSA) is 166 Å². The zero-order valence-corrected chi connectivity index (χ0v) is 28.7. The summed E-state index contributed by atoms with van der Waals surface area (Å²) < 4.78 is 23.5. The summed E-state index contributed by atoms with van der Waals surface area (Å²) in [6.07, 6.45) is -7.27. The first-order valence-electron chi connectivity index (χ1n) is 14.1. The second-order valence-electron chi connectivity index (χ2n) is 12.8. The summed E-state index contributed by atoms with van der Waals surface area (Å²) in [5.74, 6) is -4.41. The molecule has 4 aliphatic rings. The van der Waals surface area contributed by atoms with Crippen LogP contribution in [0.3, 0.4) is 0 Å². The summed E-state index contributed by atoms with van der Waals surface area (Å²) in [6.45, 7) is 8.42. The van der Waals surface area contributed by atoms with Crippen LogP contribution in [0.25, 0.3) is 0 Å². The number of aliphatic hydroxyl groups excluding tert-OH is 2. The Kier molecular flexibility index (Phi) is 9.36. The Balaban J connectivity index is 0.00000423. The fourth-order valence-corrected chi connectivity index (χ4v) is 7.91. The fourth-order valence-electron chi connectivity index (χ4n) is 7.91. The normalized spacial score (nSPS) is 39.4. The Morgan fingerprint density at radius 2 is 1.63 bits per heavy atom. The molecule has 1 aliphatic heterocycles. The van der Waals surface area contributed by atoms with Crippen LogP contribution in [0.1, 0.15) is 64.7 Å². The van der Waals surface area contributed by atoms with Gasteiger partial charge >= 0.3 is 69.3 Å². The Morgan fingerprint density at radius 3 is 2.16 bits per heavy atom. The number of carbonyl (C=O) groups excluding carboxylic acids is 4. The van der Waals surface area contributed by atoms with Crippen LogP contribution in [-0.4, -0.2) is 87.3 Å². The molecule has 1 heterocycles. The molecule has 1 aromatic rings. The predicted molar refractivity (Wildman–Crippen MR) is 145 cm³/mol. The number of ether oxygens (including phenoxy) is 4. The molecule has 2 unspecified atom stereocenters. The van der Waals surface area contributed by atoms with Crippen LogP contribution >= 0.6 is 0 Å². The molecule has 1 aromatic carbocycles. The summed E-state index contributed by atoms with van der Waals surface area (Å²) in [6, 6.07) is 8.05. The molecule has 0 spiro atoms. The standard InChI is InChI=1S/C31H38O11.K/c1-15-19(34)13-31(38)26(41-27(37)18-10-8-7-9-11-18)24-29(6,20(35)12-21-30(24,14-39-21)42-17(3)33)25(36)23(40-16(2)32)22(15)28(31,4)5;/h7-11,19-21,23-24,26,34-35,38H,12-14H2,1-6H3;/q;+1/t19-,20-,21+,23+,24?,26?,29+,30-,31+;/m0./s1. The van der Waals surface area contributed by atoms with Crippen molar-refractivity contribution in [2.75, 3.05) is 6.61 Å². The smallest absolute Gasteiger partial charge is 0.455 e. The first-order chi connectivity index (χ1) is 19.5. The van der Waals surface area contributed by atoms with Gasteiger partial charge < -0.3 is 34.3 Å². The molecule has 9 atom stereocenters. The van der Waals surface area contributed by atoms with Gasteiger partial charge in [0.15, 0.2) is 17.5 Å². The van der Waals surface area contributed by atoms with Crippen LogP contribution in [0, 0.1) is 16.7 Å². The van der Waals surface area contributed by atoms with Gasteiger partial charge in [-0.3, -0.25) is 14.4 Å². The minimum absolute atomic E-state index is 0. The van der Waals surface area contributed by atoms with E-state index >= 15 is 0 Å². The molecule has 11 nitrogen and oxygen atoms in total. The van der Waals surface area contributed by atoms with Gasteiger partial charge in [-0.15, -0.1) is 0 Å². The van der Waals surface area contributed by atoms with E-state index in [9.17, 15) is 34.5 Å². The number of benzene rings is 1. The molecular formula is C31H38KO11+. The molecule has 2 saturated carbocycles. The number of aliphatic hydroxyl groups is 3. The zero-order valence-electron chi connectivity index (χ0n) is 25.6. The van der Waals surface area contributed by atoms with E-state index in [1.165, 1.54) is 26.0 Å². The first-order valence-corrected chi connectivity index (χ1v) is 14.1. The average molecular weight is 626 g/mol. The van der Waals surface area contributed by atoms with Crippen molar-refractivity contribution < 1.29 is 105 Å². The first kappa shape index (κ1) is 34.4.